The number of hydrogen-bond donors (Lipinski definition) is 1. The Labute approximate surface area is 86.4 Å². The van der Waals surface area contributed by atoms with Crippen LogP contribution in [0.25, 0.3) is 0 Å². The van der Waals surface area contributed by atoms with Crippen molar-refractivity contribution >= 4 is 12.1 Å². The number of nitrogens with two attached hydrogens (primary N) is 1. The highest BCUT2D eigenvalue weighted by Crippen LogP contribution is 2.25. The van der Waals surface area contributed by atoms with Crippen LogP contribution in [0.2, 0.25) is 0 Å². The number of hydrogen-bond acceptors (Lipinski definition) is 3. The molecule has 1 heterocycles. The minimum atomic E-state index is -0.779. The number of nitrogens with zero attached hydrogens (tertiary/aromatic N) is 1. The highest BCUT2D eigenvalue weighted by molar-refractivity contribution is 5.91. The summed E-state index contributed by atoms with van der Waals surface area (Å²) in [4.78, 5) is 22.9. The smallest absolute Gasteiger partial charge is 0.418 e. The molecule has 1 fully saturated rings. The number of imide groups is 1. The van der Waals surface area contributed by atoms with E-state index in [-0.39, 0.29) is 6.54 Å². The lowest BCUT2D eigenvalue weighted by Gasteiger charge is -2.07. The molecule has 0 aromatic heterocycles. The van der Waals surface area contributed by atoms with Crippen LogP contribution in [0.3, 0.4) is 0 Å². The molecule has 0 aliphatic carbocycles. The van der Waals surface area contributed by atoms with E-state index in [1.807, 2.05) is 30.3 Å². The minimum absolute atomic E-state index is 0.179. The van der Waals surface area contributed by atoms with Gasteiger partial charge in [-0.25, -0.2) is 14.5 Å². The largest absolute Gasteiger partial charge is 0.439 e. The first kappa shape index (κ1) is 9.51. The van der Waals surface area contributed by atoms with Crippen LogP contribution in [-0.4, -0.2) is 23.6 Å². The Morgan fingerprint density at radius 3 is 2.60 bits per heavy atom. The zero-order valence-electron chi connectivity index (χ0n) is 7.92. The first-order chi connectivity index (χ1) is 7.18. The van der Waals surface area contributed by atoms with E-state index in [0.29, 0.717) is 0 Å². The van der Waals surface area contributed by atoms with Crippen molar-refractivity contribution in [3.05, 3.63) is 35.9 Å². The summed E-state index contributed by atoms with van der Waals surface area (Å²) in [5.74, 6) is 0. The van der Waals surface area contributed by atoms with Crippen LogP contribution in [0.1, 0.15) is 11.7 Å². The van der Waals surface area contributed by atoms with Crippen LogP contribution in [0.15, 0.2) is 30.3 Å². The van der Waals surface area contributed by atoms with Crippen LogP contribution in [0.4, 0.5) is 9.59 Å². The van der Waals surface area contributed by atoms with Gasteiger partial charge in [-0.1, -0.05) is 30.3 Å². The van der Waals surface area contributed by atoms with Crippen LogP contribution >= 0.6 is 0 Å². The van der Waals surface area contributed by atoms with Gasteiger partial charge in [0.1, 0.15) is 6.10 Å². The molecule has 0 spiro atoms. The minimum Gasteiger partial charge on any atom is -0.439 e. The van der Waals surface area contributed by atoms with Crippen LogP contribution in [-0.2, 0) is 4.74 Å². The lowest BCUT2D eigenvalue weighted by atomic mass is 10.1. The summed E-state index contributed by atoms with van der Waals surface area (Å²) in [6.45, 7) is 0.179. The van der Waals surface area contributed by atoms with Gasteiger partial charge in [-0.05, 0) is 5.56 Å². The van der Waals surface area contributed by atoms with Crippen molar-refractivity contribution in [1.82, 2.24) is 4.90 Å². The summed E-state index contributed by atoms with van der Waals surface area (Å²) in [5.41, 5.74) is 5.87. The van der Waals surface area contributed by atoms with E-state index in [2.05, 4.69) is 0 Å². The maximum absolute atomic E-state index is 11.2. The van der Waals surface area contributed by atoms with Crippen LogP contribution in [0.5, 0.6) is 0 Å². The van der Waals surface area contributed by atoms with Gasteiger partial charge >= 0.3 is 12.1 Å². The van der Waals surface area contributed by atoms with E-state index in [1.54, 1.807) is 0 Å². The first-order valence-electron chi connectivity index (χ1n) is 4.51. The Balaban J connectivity index is 2.16. The highest BCUT2D eigenvalue weighted by Gasteiger charge is 2.35. The van der Waals surface area contributed by atoms with Crippen molar-refractivity contribution in [3.8, 4) is 0 Å². The van der Waals surface area contributed by atoms with Crippen molar-refractivity contribution in [2.24, 2.45) is 5.73 Å². The number of rotatable bonds is 1. The van der Waals surface area contributed by atoms with Crippen LogP contribution < -0.4 is 5.73 Å². The SMILES string of the molecule is NC(=O)N1CC(c2ccccc2)OC1=O. The second-order valence-electron chi connectivity index (χ2n) is 3.23. The number of cyclic esters (lactones) is 1. The van der Waals surface area contributed by atoms with Crippen molar-refractivity contribution in [1.29, 1.82) is 0 Å². The van der Waals surface area contributed by atoms with Gasteiger partial charge in [-0.15, -0.1) is 0 Å². The van der Waals surface area contributed by atoms with E-state index < -0.39 is 18.2 Å². The zero-order valence-corrected chi connectivity index (χ0v) is 7.92. The fraction of sp³-hybridized carbons (Fsp3) is 0.200. The number of carbonyl (C=O) groups is 2. The second kappa shape index (κ2) is 3.61. The molecule has 5 heteroatoms. The normalized spacial score (nSPS) is 20.1. The molecular weight excluding hydrogens is 196 g/mol. The number of carbonyl (C=O) groups excluding carboxylic acids is 2. The Bertz CT molecular complexity index is 391. The Kier molecular flexibility index (Phi) is 2.29. The van der Waals surface area contributed by atoms with Gasteiger partial charge < -0.3 is 10.5 Å². The highest BCUT2D eigenvalue weighted by atomic mass is 16.6. The van der Waals surface area contributed by atoms with Gasteiger partial charge in [-0.3, -0.25) is 0 Å². The number of ether oxygens (including phenoxy) is 1. The molecular formula is C10H10N2O3. The summed E-state index contributed by atoms with van der Waals surface area (Å²) < 4.78 is 5.01. The number of urea groups is 1. The Hall–Kier alpha value is -2.04. The van der Waals surface area contributed by atoms with Crippen molar-refractivity contribution < 1.29 is 14.3 Å². The third kappa shape index (κ3) is 1.76. The van der Waals surface area contributed by atoms with E-state index in [4.69, 9.17) is 10.5 Å². The van der Waals surface area contributed by atoms with Gasteiger partial charge in [0.15, 0.2) is 0 Å². The van der Waals surface area contributed by atoms with Crippen LogP contribution in [0, 0.1) is 0 Å². The van der Waals surface area contributed by atoms with Gasteiger partial charge in [-0.2, -0.15) is 0 Å². The topological polar surface area (TPSA) is 72.6 Å². The van der Waals surface area contributed by atoms with Gasteiger partial charge in [0.05, 0.1) is 6.54 Å². The third-order valence-corrected chi connectivity index (χ3v) is 2.25. The molecule has 1 saturated heterocycles. The molecule has 0 radical (unpaired) electrons. The summed E-state index contributed by atoms with van der Waals surface area (Å²) >= 11 is 0. The molecule has 1 aliphatic heterocycles. The molecule has 1 unspecified atom stereocenters. The quantitative estimate of drug-likeness (QED) is 0.751. The average Bonchev–Trinajstić information content (AvgIpc) is 2.62. The lowest BCUT2D eigenvalue weighted by molar-refractivity contribution is 0.134. The van der Waals surface area contributed by atoms with E-state index in [9.17, 15) is 9.59 Å². The molecule has 2 rings (SSSR count). The molecule has 2 N–H and O–H groups in total. The molecule has 1 aromatic carbocycles. The van der Waals surface area contributed by atoms with Crippen molar-refractivity contribution in [2.45, 2.75) is 6.10 Å². The predicted octanol–water partition coefficient (Wildman–Crippen LogP) is 1.26. The summed E-state index contributed by atoms with van der Waals surface area (Å²) in [6, 6.07) is 8.45. The summed E-state index contributed by atoms with van der Waals surface area (Å²) in [7, 11) is 0. The molecule has 1 aromatic rings. The molecule has 0 saturated carbocycles. The fourth-order valence-electron chi connectivity index (χ4n) is 1.48. The number of amides is 3. The monoisotopic (exact) mass is 206 g/mol. The first-order valence-corrected chi connectivity index (χ1v) is 4.51. The number of benzene rings is 1. The van der Waals surface area contributed by atoms with Crippen molar-refractivity contribution in [2.75, 3.05) is 6.54 Å². The van der Waals surface area contributed by atoms with E-state index in [0.717, 1.165) is 10.5 Å². The molecule has 78 valence electrons. The van der Waals surface area contributed by atoms with Gasteiger partial charge in [0.2, 0.25) is 0 Å². The van der Waals surface area contributed by atoms with Crippen molar-refractivity contribution in [3.63, 3.8) is 0 Å². The zero-order chi connectivity index (χ0) is 10.8. The lowest BCUT2D eigenvalue weighted by Crippen LogP contribution is -2.36. The second-order valence-corrected chi connectivity index (χ2v) is 3.23. The van der Waals surface area contributed by atoms with Gasteiger partial charge in [0.25, 0.3) is 0 Å². The molecule has 15 heavy (non-hydrogen) atoms. The van der Waals surface area contributed by atoms with E-state index in [1.165, 1.54) is 0 Å². The third-order valence-electron chi connectivity index (χ3n) is 2.25. The Morgan fingerprint density at radius 1 is 1.40 bits per heavy atom. The molecule has 0 bridgehead atoms. The number of primary amides is 1. The molecule has 1 aliphatic rings. The molecule has 3 amide bonds. The maximum Gasteiger partial charge on any atom is 0.418 e. The predicted molar refractivity (Wildman–Crippen MR) is 52.0 cm³/mol. The van der Waals surface area contributed by atoms with Gasteiger partial charge in [0, 0.05) is 0 Å². The standard InChI is InChI=1S/C10H10N2O3/c11-9(13)12-6-8(15-10(12)14)7-4-2-1-3-5-7/h1-5,8H,6H2,(H2,11,13). The van der Waals surface area contributed by atoms with E-state index >= 15 is 0 Å². The fourth-order valence-corrected chi connectivity index (χ4v) is 1.48. The molecule has 5 nitrogen and oxygen atoms in total. The summed E-state index contributed by atoms with van der Waals surface area (Å²) in [5, 5.41) is 0. The average molecular weight is 206 g/mol. The maximum atomic E-state index is 11.2. The molecule has 1 atom stereocenters. The summed E-state index contributed by atoms with van der Waals surface area (Å²) in [6.07, 6.45) is -1.09. The Morgan fingerprint density at radius 2 is 2.07 bits per heavy atom.